The molecule has 0 aromatic heterocycles. The molecule has 0 radical (unpaired) electrons. The number of nitrogens with zero attached hydrogens (tertiary/aromatic N) is 1. The van der Waals surface area contributed by atoms with Gasteiger partial charge in [-0.1, -0.05) is 0 Å². The van der Waals surface area contributed by atoms with E-state index in [4.69, 9.17) is 5.73 Å². The molecule has 13 heavy (non-hydrogen) atoms. The maximum Gasteiger partial charge on any atom is 0.234 e. The SMILES string of the molecule is NCC1CCCN1C(=O)CS(=O)[O-]. The van der Waals surface area contributed by atoms with E-state index < -0.39 is 16.8 Å². The molecule has 5 nitrogen and oxygen atoms in total. The predicted molar refractivity (Wildman–Crippen MR) is 47.6 cm³/mol. The summed E-state index contributed by atoms with van der Waals surface area (Å²) in [5.74, 6) is -0.752. The quantitative estimate of drug-likeness (QED) is 0.587. The van der Waals surface area contributed by atoms with Gasteiger partial charge in [0, 0.05) is 19.1 Å². The van der Waals surface area contributed by atoms with Crippen molar-refractivity contribution in [1.82, 2.24) is 4.90 Å². The van der Waals surface area contributed by atoms with Crippen LogP contribution < -0.4 is 5.73 Å². The van der Waals surface area contributed by atoms with Gasteiger partial charge in [0.25, 0.3) is 0 Å². The lowest BCUT2D eigenvalue weighted by molar-refractivity contribution is -0.129. The van der Waals surface area contributed by atoms with Gasteiger partial charge in [0.2, 0.25) is 5.91 Å². The number of amides is 1. The molecule has 2 unspecified atom stereocenters. The smallest absolute Gasteiger partial charge is 0.234 e. The van der Waals surface area contributed by atoms with E-state index in [0.29, 0.717) is 13.1 Å². The van der Waals surface area contributed by atoms with Crippen molar-refractivity contribution >= 4 is 17.0 Å². The summed E-state index contributed by atoms with van der Waals surface area (Å²) in [4.78, 5) is 12.9. The van der Waals surface area contributed by atoms with Gasteiger partial charge in [-0.3, -0.25) is 9.00 Å². The van der Waals surface area contributed by atoms with E-state index >= 15 is 0 Å². The highest BCUT2D eigenvalue weighted by molar-refractivity contribution is 7.79. The first-order valence-corrected chi connectivity index (χ1v) is 5.45. The Morgan fingerprint density at radius 2 is 2.38 bits per heavy atom. The van der Waals surface area contributed by atoms with Gasteiger partial charge < -0.3 is 15.2 Å². The fraction of sp³-hybridized carbons (Fsp3) is 0.857. The average Bonchev–Trinajstić information content (AvgIpc) is 2.49. The first kappa shape index (κ1) is 10.6. The van der Waals surface area contributed by atoms with Gasteiger partial charge in [0.15, 0.2) is 0 Å². The Morgan fingerprint density at radius 3 is 2.92 bits per heavy atom. The molecule has 76 valence electrons. The Balaban J connectivity index is 2.50. The van der Waals surface area contributed by atoms with E-state index in [1.54, 1.807) is 4.90 Å². The number of likely N-dealkylation sites (tertiary alicyclic amines) is 1. The third-order valence-electron chi connectivity index (χ3n) is 2.21. The van der Waals surface area contributed by atoms with Crippen LogP contribution in [0.15, 0.2) is 0 Å². The van der Waals surface area contributed by atoms with Crippen LogP contribution in [0.5, 0.6) is 0 Å². The monoisotopic (exact) mass is 205 g/mol. The van der Waals surface area contributed by atoms with E-state index in [2.05, 4.69) is 0 Å². The van der Waals surface area contributed by atoms with Crippen molar-refractivity contribution in [3.8, 4) is 0 Å². The van der Waals surface area contributed by atoms with Crippen LogP contribution in [0, 0.1) is 0 Å². The minimum absolute atomic E-state index is 0.0380. The van der Waals surface area contributed by atoms with Crippen LogP contribution in [0.3, 0.4) is 0 Å². The van der Waals surface area contributed by atoms with Crippen molar-refractivity contribution in [3.05, 3.63) is 0 Å². The van der Waals surface area contributed by atoms with Gasteiger partial charge in [-0.25, -0.2) is 0 Å². The maximum atomic E-state index is 11.3. The van der Waals surface area contributed by atoms with E-state index in [0.717, 1.165) is 12.8 Å². The summed E-state index contributed by atoms with van der Waals surface area (Å²) < 4.78 is 20.6. The van der Waals surface area contributed by atoms with Gasteiger partial charge >= 0.3 is 0 Å². The summed E-state index contributed by atoms with van der Waals surface area (Å²) in [5.41, 5.74) is 5.44. The summed E-state index contributed by atoms with van der Waals surface area (Å²) in [5, 5.41) is 0. The average molecular weight is 205 g/mol. The molecule has 0 aromatic rings. The molecule has 2 atom stereocenters. The fourth-order valence-electron chi connectivity index (χ4n) is 1.59. The Morgan fingerprint density at radius 1 is 1.69 bits per heavy atom. The molecule has 1 rings (SSSR count). The number of nitrogens with two attached hydrogens (primary N) is 1. The third kappa shape index (κ3) is 2.75. The minimum atomic E-state index is -2.29. The molecule has 0 saturated carbocycles. The predicted octanol–water partition coefficient (Wildman–Crippen LogP) is -1.18. The van der Waals surface area contributed by atoms with E-state index in [9.17, 15) is 13.6 Å². The van der Waals surface area contributed by atoms with Crippen LogP contribution in [0.4, 0.5) is 0 Å². The number of carbonyl (C=O) groups is 1. The van der Waals surface area contributed by atoms with Crippen molar-refractivity contribution < 1.29 is 13.6 Å². The topological polar surface area (TPSA) is 86.5 Å². The lowest BCUT2D eigenvalue weighted by Gasteiger charge is -2.23. The summed E-state index contributed by atoms with van der Waals surface area (Å²) in [6, 6.07) is 0.0380. The zero-order valence-electron chi connectivity index (χ0n) is 7.27. The number of rotatable bonds is 3. The first-order valence-electron chi connectivity index (χ1n) is 4.20. The van der Waals surface area contributed by atoms with E-state index in [1.807, 2.05) is 0 Å². The molecular formula is C7H13N2O3S-. The van der Waals surface area contributed by atoms with Gasteiger partial charge in [-0.2, -0.15) is 0 Å². The summed E-state index contributed by atoms with van der Waals surface area (Å²) in [7, 11) is 0. The van der Waals surface area contributed by atoms with Gasteiger partial charge in [0.05, 0.1) is 5.75 Å². The number of hydrogen-bond acceptors (Lipinski definition) is 4. The van der Waals surface area contributed by atoms with Crippen molar-refractivity contribution in [3.63, 3.8) is 0 Å². The molecule has 2 N–H and O–H groups in total. The normalized spacial score (nSPS) is 24.8. The van der Waals surface area contributed by atoms with Crippen LogP contribution in [0.25, 0.3) is 0 Å². The molecular weight excluding hydrogens is 192 g/mol. The Hall–Kier alpha value is -0.460. The molecule has 0 spiro atoms. The van der Waals surface area contributed by atoms with Crippen LogP contribution in [-0.4, -0.2) is 44.5 Å². The van der Waals surface area contributed by atoms with Gasteiger partial charge in [-0.05, 0) is 23.9 Å². The van der Waals surface area contributed by atoms with Crippen LogP contribution in [0.1, 0.15) is 12.8 Å². The van der Waals surface area contributed by atoms with Crippen LogP contribution in [-0.2, 0) is 15.9 Å². The van der Waals surface area contributed by atoms with Crippen molar-refractivity contribution in [2.24, 2.45) is 5.73 Å². The van der Waals surface area contributed by atoms with Gasteiger partial charge in [-0.15, -0.1) is 0 Å². The number of hydrogen-bond donors (Lipinski definition) is 1. The zero-order valence-corrected chi connectivity index (χ0v) is 8.09. The largest absolute Gasteiger partial charge is 0.772 e. The van der Waals surface area contributed by atoms with Crippen molar-refractivity contribution in [2.75, 3.05) is 18.8 Å². The van der Waals surface area contributed by atoms with E-state index in [-0.39, 0.29) is 11.9 Å². The number of carbonyl (C=O) groups excluding carboxylic acids is 1. The lowest BCUT2D eigenvalue weighted by atomic mass is 10.2. The summed E-state index contributed by atoms with van der Waals surface area (Å²) in [6.45, 7) is 1.05. The molecule has 1 aliphatic heterocycles. The molecule has 0 aromatic carbocycles. The Labute approximate surface area is 79.6 Å². The maximum absolute atomic E-state index is 11.3. The molecule has 0 aliphatic carbocycles. The highest BCUT2D eigenvalue weighted by Crippen LogP contribution is 2.16. The molecule has 1 amide bonds. The molecule has 1 saturated heterocycles. The standard InChI is InChI=1S/C7H14N2O3S/c8-4-6-2-1-3-9(6)7(10)5-13(11)12/h6H,1-5,8H2,(H,11,12)/p-1. The fourth-order valence-corrected chi connectivity index (χ4v) is 1.96. The van der Waals surface area contributed by atoms with Crippen molar-refractivity contribution in [2.45, 2.75) is 18.9 Å². The molecule has 0 bridgehead atoms. The molecule has 1 aliphatic rings. The van der Waals surface area contributed by atoms with E-state index in [1.165, 1.54) is 0 Å². The summed E-state index contributed by atoms with van der Waals surface area (Å²) in [6.07, 6.45) is 1.80. The lowest BCUT2D eigenvalue weighted by Crippen LogP contribution is -2.41. The highest BCUT2D eigenvalue weighted by Gasteiger charge is 2.26. The van der Waals surface area contributed by atoms with Gasteiger partial charge in [0.1, 0.15) is 0 Å². The minimum Gasteiger partial charge on any atom is -0.772 e. The summed E-state index contributed by atoms with van der Waals surface area (Å²) >= 11 is -2.29. The molecule has 1 fully saturated rings. The second-order valence-corrected chi connectivity index (χ2v) is 3.96. The second kappa shape index (κ2) is 4.69. The molecule has 1 heterocycles. The Bertz CT molecular complexity index is 222. The molecule has 6 heteroatoms. The highest BCUT2D eigenvalue weighted by atomic mass is 32.2. The van der Waals surface area contributed by atoms with Crippen LogP contribution >= 0.6 is 0 Å². The van der Waals surface area contributed by atoms with Crippen molar-refractivity contribution in [1.29, 1.82) is 0 Å². The second-order valence-electron chi connectivity index (χ2n) is 3.07. The first-order chi connectivity index (χ1) is 6.15. The third-order valence-corrected chi connectivity index (χ3v) is 2.69. The Kier molecular flexibility index (Phi) is 3.83. The van der Waals surface area contributed by atoms with Crippen LogP contribution in [0.2, 0.25) is 0 Å². The zero-order chi connectivity index (χ0) is 9.84.